The highest BCUT2D eigenvalue weighted by Gasteiger charge is 2.28. The minimum atomic E-state index is -0.269. The van der Waals surface area contributed by atoms with Crippen LogP contribution in [0, 0.1) is 11.7 Å². The maximum atomic E-state index is 13.0. The number of carbonyl (C=O) groups excluding carboxylic acids is 1. The fraction of sp³-hybridized carbons (Fsp3) is 0.240. The number of carbonyl (C=O) groups is 1. The van der Waals surface area contributed by atoms with Crippen LogP contribution in [0.2, 0.25) is 0 Å². The average molecular weight is 404 g/mol. The number of likely N-dealkylation sites (tertiary alicyclic amines) is 1. The number of rotatable bonds is 7. The standard InChI is InChI=1S/C25H25FN2O2/c26-22-11-9-19(10-12-22)16-27-25(29)21-13-14-28(18-21)17-20-5-4-8-24(15-20)30-23-6-2-1-3-7-23/h1-12,15,21H,13-14,16-18H2,(H,27,29). The minimum absolute atomic E-state index is 0.0193. The monoisotopic (exact) mass is 404 g/mol. The summed E-state index contributed by atoms with van der Waals surface area (Å²) in [6.07, 6.45) is 0.843. The van der Waals surface area contributed by atoms with E-state index in [1.165, 1.54) is 12.1 Å². The number of hydrogen-bond acceptors (Lipinski definition) is 3. The number of halogens is 1. The molecule has 1 N–H and O–H groups in total. The Labute approximate surface area is 176 Å². The summed E-state index contributed by atoms with van der Waals surface area (Å²) < 4.78 is 18.9. The number of benzene rings is 3. The molecule has 30 heavy (non-hydrogen) atoms. The molecule has 0 saturated carbocycles. The lowest BCUT2D eigenvalue weighted by Gasteiger charge is -2.17. The second-order valence-corrected chi connectivity index (χ2v) is 7.63. The number of para-hydroxylation sites is 1. The number of nitrogens with one attached hydrogen (secondary N) is 1. The van der Waals surface area contributed by atoms with E-state index >= 15 is 0 Å². The summed E-state index contributed by atoms with van der Waals surface area (Å²) in [4.78, 5) is 14.8. The van der Waals surface area contributed by atoms with E-state index < -0.39 is 0 Å². The number of ether oxygens (including phenoxy) is 1. The zero-order valence-corrected chi connectivity index (χ0v) is 16.8. The lowest BCUT2D eigenvalue weighted by atomic mass is 10.1. The van der Waals surface area contributed by atoms with Gasteiger partial charge in [-0.3, -0.25) is 9.69 Å². The first-order valence-electron chi connectivity index (χ1n) is 10.2. The fourth-order valence-electron chi connectivity index (χ4n) is 3.72. The SMILES string of the molecule is O=C(NCc1ccc(F)cc1)C1CCN(Cc2cccc(Oc3ccccc3)c2)C1. The summed E-state index contributed by atoms with van der Waals surface area (Å²) in [5.74, 6) is 1.40. The average Bonchev–Trinajstić information content (AvgIpc) is 3.23. The van der Waals surface area contributed by atoms with E-state index in [1.54, 1.807) is 12.1 Å². The lowest BCUT2D eigenvalue weighted by molar-refractivity contribution is -0.124. The third-order valence-electron chi connectivity index (χ3n) is 5.31. The Morgan fingerprint density at radius 2 is 1.73 bits per heavy atom. The van der Waals surface area contributed by atoms with Gasteiger partial charge in [0.05, 0.1) is 5.92 Å². The van der Waals surface area contributed by atoms with Gasteiger partial charge in [-0.15, -0.1) is 0 Å². The summed E-state index contributed by atoms with van der Waals surface area (Å²) in [5.41, 5.74) is 2.06. The molecule has 1 saturated heterocycles. The van der Waals surface area contributed by atoms with Crippen molar-refractivity contribution in [2.45, 2.75) is 19.5 Å². The van der Waals surface area contributed by atoms with Gasteiger partial charge in [-0.05, 0) is 60.5 Å². The molecule has 3 aromatic rings. The zero-order chi connectivity index (χ0) is 20.8. The van der Waals surface area contributed by atoms with Gasteiger partial charge in [0.1, 0.15) is 17.3 Å². The van der Waals surface area contributed by atoms with E-state index in [4.69, 9.17) is 4.74 Å². The van der Waals surface area contributed by atoms with Crippen LogP contribution in [-0.4, -0.2) is 23.9 Å². The predicted octanol–water partition coefficient (Wildman–Crippen LogP) is 4.76. The molecule has 4 nitrogen and oxygen atoms in total. The van der Waals surface area contributed by atoms with E-state index in [0.717, 1.165) is 48.7 Å². The van der Waals surface area contributed by atoms with E-state index in [9.17, 15) is 9.18 Å². The molecule has 4 rings (SSSR count). The minimum Gasteiger partial charge on any atom is -0.457 e. The van der Waals surface area contributed by atoms with Crippen LogP contribution in [0.25, 0.3) is 0 Å². The van der Waals surface area contributed by atoms with Gasteiger partial charge in [0, 0.05) is 19.6 Å². The maximum Gasteiger partial charge on any atom is 0.224 e. The Morgan fingerprint density at radius 1 is 0.967 bits per heavy atom. The van der Waals surface area contributed by atoms with Crippen molar-refractivity contribution in [3.05, 3.63) is 95.8 Å². The van der Waals surface area contributed by atoms with Crippen LogP contribution < -0.4 is 10.1 Å². The van der Waals surface area contributed by atoms with E-state index in [-0.39, 0.29) is 17.6 Å². The number of amides is 1. The quantitative estimate of drug-likeness (QED) is 0.618. The van der Waals surface area contributed by atoms with Gasteiger partial charge in [0.15, 0.2) is 0 Å². The number of hydrogen-bond donors (Lipinski definition) is 1. The van der Waals surface area contributed by atoms with Gasteiger partial charge < -0.3 is 10.1 Å². The van der Waals surface area contributed by atoms with Gasteiger partial charge in [0.2, 0.25) is 5.91 Å². The summed E-state index contributed by atoms with van der Waals surface area (Å²) in [7, 11) is 0. The topological polar surface area (TPSA) is 41.6 Å². The Kier molecular flexibility index (Phi) is 6.40. The van der Waals surface area contributed by atoms with Crippen molar-refractivity contribution >= 4 is 5.91 Å². The second kappa shape index (κ2) is 9.55. The maximum absolute atomic E-state index is 13.0. The summed E-state index contributed by atoms with van der Waals surface area (Å²) in [5, 5.41) is 2.97. The first-order valence-corrected chi connectivity index (χ1v) is 10.2. The molecule has 3 aromatic carbocycles. The van der Waals surface area contributed by atoms with E-state index in [1.807, 2.05) is 42.5 Å². The van der Waals surface area contributed by atoms with Crippen LogP contribution >= 0.6 is 0 Å². The van der Waals surface area contributed by atoms with Crippen molar-refractivity contribution in [3.63, 3.8) is 0 Å². The van der Waals surface area contributed by atoms with Crippen LogP contribution in [0.4, 0.5) is 4.39 Å². The van der Waals surface area contributed by atoms with E-state index in [2.05, 4.69) is 22.3 Å². The first-order chi connectivity index (χ1) is 14.7. The Bertz CT molecular complexity index is 976. The molecule has 1 heterocycles. The molecular formula is C25H25FN2O2. The molecule has 0 aliphatic carbocycles. The molecule has 5 heteroatoms. The summed E-state index contributed by atoms with van der Waals surface area (Å²) >= 11 is 0. The van der Waals surface area contributed by atoms with Crippen LogP contribution in [0.15, 0.2) is 78.9 Å². The van der Waals surface area contributed by atoms with Crippen LogP contribution in [0.5, 0.6) is 11.5 Å². The molecule has 1 atom stereocenters. The van der Waals surface area contributed by atoms with Crippen LogP contribution in [-0.2, 0) is 17.9 Å². The highest BCUT2D eigenvalue weighted by atomic mass is 19.1. The molecule has 0 aromatic heterocycles. The van der Waals surface area contributed by atoms with Gasteiger partial charge in [-0.1, -0.05) is 42.5 Å². The summed E-state index contributed by atoms with van der Waals surface area (Å²) in [6, 6.07) is 24.0. The molecule has 1 aliphatic heterocycles. The Balaban J connectivity index is 1.28. The smallest absolute Gasteiger partial charge is 0.224 e. The van der Waals surface area contributed by atoms with Crippen molar-refractivity contribution in [3.8, 4) is 11.5 Å². The zero-order valence-electron chi connectivity index (χ0n) is 16.8. The van der Waals surface area contributed by atoms with Crippen molar-refractivity contribution in [2.75, 3.05) is 13.1 Å². The lowest BCUT2D eigenvalue weighted by Crippen LogP contribution is -2.32. The molecule has 0 radical (unpaired) electrons. The Morgan fingerprint density at radius 3 is 2.53 bits per heavy atom. The summed E-state index contributed by atoms with van der Waals surface area (Å²) in [6.45, 7) is 2.83. The van der Waals surface area contributed by atoms with Crippen molar-refractivity contribution in [1.29, 1.82) is 0 Å². The van der Waals surface area contributed by atoms with Crippen LogP contribution in [0.3, 0.4) is 0 Å². The second-order valence-electron chi connectivity index (χ2n) is 7.63. The van der Waals surface area contributed by atoms with Gasteiger partial charge >= 0.3 is 0 Å². The molecule has 154 valence electrons. The van der Waals surface area contributed by atoms with Crippen molar-refractivity contribution < 1.29 is 13.9 Å². The number of nitrogens with zero attached hydrogens (tertiary/aromatic N) is 1. The van der Waals surface area contributed by atoms with Crippen LogP contribution in [0.1, 0.15) is 17.5 Å². The Hall–Kier alpha value is -3.18. The van der Waals surface area contributed by atoms with Crippen molar-refractivity contribution in [2.24, 2.45) is 5.92 Å². The molecule has 0 bridgehead atoms. The molecule has 1 aliphatic rings. The molecule has 0 spiro atoms. The third-order valence-corrected chi connectivity index (χ3v) is 5.31. The highest BCUT2D eigenvalue weighted by Crippen LogP contribution is 2.24. The third kappa shape index (κ3) is 5.45. The van der Waals surface area contributed by atoms with Gasteiger partial charge in [-0.2, -0.15) is 0 Å². The van der Waals surface area contributed by atoms with Crippen molar-refractivity contribution in [1.82, 2.24) is 10.2 Å². The fourth-order valence-corrected chi connectivity index (χ4v) is 3.72. The first kappa shape index (κ1) is 20.1. The van der Waals surface area contributed by atoms with Gasteiger partial charge in [-0.25, -0.2) is 4.39 Å². The highest BCUT2D eigenvalue weighted by molar-refractivity contribution is 5.79. The molecule has 1 fully saturated rings. The molecule has 1 amide bonds. The molecular weight excluding hydrogens is 379 g/mol. The van der Waals surface area contributed by atoms with Gasteiger partial charge in [0.25, 0.3) is 0 Å². The molecule has 1 unspecified atom stereocenters. The predicted molar refractivity (Wildman–Crippen MR) is 115 cm³/mol. The van der Waals surface area contributed by atoms with E-state index in [0.29, 0.717) is 6.54 Å². The largest absolute Gasteiger partial charge is 0.457 e. The normalized spacial score (nSPS) is 16.4.